The molecule has 0 spiro atoms. The molecule has 2 aromatic rings. The standard InChI is InChI=1S/C8H4ClN3O4/c9-4-2-1-3-5(12(14)15)6(4)7-10-11-8(13)16-7/h1-3H,(H,11,13). The molecule has 1 aromatic heterocycles. The lowest BCUT2D eigenvalue weighted by atomic mass is 10.2. The second-order valence-corrected chi connectivity index (χ2v) is 3.22. The summed E-state index contributed by atoms with van der Waals surface area (Å²) >= 11 is 5.80. The number of aromatic nitrogens is 2. The van der Waals surface area contributed by atoms with Crippen molar-refractivity contribution in [2.45, 2.75) is 0 Å². The lowest BCUT2D eigenvalue weighted by Gasteiger charge is -1.99. The highest BCUT2D eigenvalue weighted by Crippen LogP contribution is 2.34. The van der Waals surface area contributed by atoms with Gasteiger partial charge in [-0.2, -0.15) is 0 Å². The molecule has 1 N–H and O–H groups in total. The van der Waals surface area contributed by atoms with Gasteiger partial charge in [-0.25, -0.2) is 9.89 Å². The van der Waals surface area contributed by atoms with Crippen LogP contribution in [-0.2, 0) is 0 Å². The van der Waals surface area contributed by atoms with E-state index in [4.69, 9.17) is 11.6 Å². The molecule has 0 aliphatic carbocycles. The van der Waals surface area contributed by atoms with E-state index in [-0.39, 0.29) is 22.2 Å². The molecule has 0 amide bonds. The second-order valence-electron chi connectivity index (χ2n) is 2.81. The van der Waals surface area contributed by atoms with E-state index in [1.165, 1.54) is 18.2 Å². The van der Waals surface area contributed by atoms with Gasteiger partial charge in [0.2, 0.25) is 0 Å². The number of hydrogen-bond acceptors (Lipinski definition) is 5. The van der Waals surface area contributed by atoms with Gasteiger partial charge in [0, 0.05) is 6.07 Å². The fourth-order valence-electron chi connectivity index (χ4n) is 1.21. The number of H-pyrrole nitrogens is 1. The third-order valence-corrected chi connectivity index (χ3v) is 2.16. The van der Waals surface area contributed by atoms with E-state index >= 15 is 0 Å². The summed E-state index contributed by atoms with van der Waals surface area (Å²) in [5.41, 5.74) is -0.296. The maximum atomic E-state index is 10.8. The molecule has 1 aromatic carbocycles. The number of nitro benzene ring substituents is 1. The van der Waals surface area contributed by atoms with Crippen LogP contribution in [0.3, 0.4) is 0 Å². The first-order chi connectivity index (χ1) is 7.59. The third kappa shape index (κ3) is 1.68. The van der Waals surface area contributed by atoms with E-state index < -0.39 is 10.7 Å². The molecule has 0 aliphatic rings. The minimum Gasteiger partial charge on any atom is -0.387 e. The molecule has 0 fully saturated rings. The molecule has 0 bridgehead atoms. The highest BCUT2D eigenvalue weighted by molar-refractivity contribution is 6.33. The maximum absolute atomic E-state index is 10.8. The first kappa shape index (κ1) is 10.4. The molecule has 82 valence electrons. The number of hydrogen-bond donors (Lipinski definition) is 1. The van der Waals surface area contributed by atoms with Gasteiger partial charge >= 0.3 is 5.76 Å². The lowest BCUT2D eigenvalue weighted by Crippen LogP contribution is -1.94. The van der Waals surface area contributed by atoms with Crippen LogP contribution in [0.25, 0.3) is 11.5 Å². The van der Waals surface area contributed by atoms with Gasteiger partial charge in [-0.3, -0.25) is 10.1 Å². The van der Waals surface area contributed by atoms with Gasteiger partial charge < -0.3 is 4.42 Å². The van der Waals surface area contributed by atoms with Gasteiger partial charge in [-0.05, 0) is 6.07 Å². The van der Waals surface area contributed by atoms with Crippen molar-refractivity contribution in [1.29, 1.82) is 0 Å². The van der Waals surface area contributed by atoms with Crippen molar-refractivity contribution in [1.82, 2.24) is 10.2 Å². The number of nitrogens with zero attached hydrogens (tertiary/aromatic N) is 2. The van der Waals surface area contributed by atoms with Gasteiger partial charge in [0.05, 0.1) is 9.95 Å². The van der Waals surface area contributed by atoms with Crippen molar-refractivity contribution >= 4 is 17.3 Å². The van der Waals surface area contributed by atoms with Gasteiger partial charge in [-0.15, -0.1) is 5.10 Å². The molecule has 0 atom stereocenters. The summed E-state index contributed by atoms with van der Waals surface area (Å²) in [7, 11) is 0. The van der Waals surface area contributed by atoms with Gasteiger partial charge in [-0.1, -0.05) is 17.7 Å². The van der Waals surface area contributed by atoms with Gasteiger partial charge in [0.25, 0.3) is 11.6 Å². The van der Waals surface area contributed by atoms with Crippen LogP contribution in [0.15, 0.2) is 27.4 Å². The van der Waals surface area contributed by atoms with Crippen LogP contribution in [0.5, 0.6) is 0 Å². The number of halogens is 1. The average molecular weight is 242 g/mol. The zero-order chi connectivity index (χ0) is 11.7. The SMILES string of the molecule is O=c1[nH]nc(-c2c(Cl)cccc2[N+](=O)[O-])o1. The summed E-state index contributed by atoms with van der Waals surface area (Å²) in [6.07, 6.45) is 0. The average Bonchev–Trinajstić information content (AvgIpc) is 2.64. The zero-order valence-electron chi connectivity index (χ0n) is 7.64. The third-order valence-electron chi connectivity index (χ3n) is 1.84. The summed E-state index contributed by atoms with van der Waals surface area (Å²) in [4.78, 5) is 20.9. The Morgan fingerprint density at radius 2 is 2.25 bits per heavy atom. The predicted octanol–water partition coefficient (Wildman–Crippen LogP) is 1.59. The number of aromatic amines is 1. The van der Waals surface area contributed by atoms with E-state index in [9.17, 15) is 14.9 Å². The number of benzene rings is 1. The Balaban J connectivity index is 2.72. The molecule has 8 heteroatoms. The largest absolute Gasteiger partial charge is 0.434 e. The molecular weight excluding hydrogens is 238 g/mol. The highest BCUT2D eigenvalue weighted by atomic mass is 35.5. The fourth-order valence-corrected chi connectivity index (χ4v) is 1.46. The minimum atomic E-state index is -0.802. The van der Waals surface area contributed by atoms with E-state index in [1.807, 2.05) is 5.10 Å². The first-order valence-electron chi connectivity index (χ1n) is 4.08. The zero-order valence-corrected chi connectivity index (χ0v) is 8.39. The number of rotatable bonds is 2. The van der Waals surface area contributed by atoms with Crippen LogP contribution in [0, 0.1) is 10.1 Å². The highest BCUT2D eigenvalue weighted by Gasteiger charge is 2.22. The molecule has 0 radical (unpaired) electrons. The predicted molar refractivity (Wildman–Crippen MR) is 54.2 cm³/mol. The van der Waals surface area contributed by atoms with Crippen molar-refractivity contribution < 1.29 is 9.34 Å². The summed E-state index contributed by atoms with van der Waals surface area (Å²) in [6.45, 7) is 0. The van der Waals surface area contributed by atoms with Crippen molar-refractivity contribution in [3.8, 4) is 11.5 Å². The van der Waals surface area contributed by atoms with Gasteiger partial charge in [0.15, 0.2) is 0 Å². The Hall–Kier alpha value is -2.15. The molecular formula is C8H4ClN3O4. The Kier molecular flexibility index (Phi) is 2.45. The fraction of sp³-hybridized carbons (Fsp3) is 0. The Morgan fingerprint density at radius 1 is 1.50 bits per heavy atom. The number of nitrogens with one attached hydrogen (secondary N) is 1. The topological polar surface area (TPSA) is 102 Å². The summed E-state index contributed by atoms with van der Waals surface area (Å²) in [5, 5.41) is 16.3. The minimum absolute atomic E-state index is 0.0208. The van der Waals surface area contributed by atoms with Crippen LogP contribution < -0.4 is 5.76 Å². The van der Waals surface area contributed by atoms with E-state index in [2.05, 4.69) is 9.52 Å². The normalized spacial score (nSPS) is 10.3. The maximum Gasteiger partial charge on any atom is 0.434 e. The lowest BCUT2D eigenvalue weighted by molar-refractivity contribution is -0.384. The summed E-state index contributed by atoms with van der Waals surface area (Å²) in [5.74, 6) is -1.01. The van der Waals surface area contributed by atoms with Crippen molar-refractivity contribution in [2.75, 3.05) is 0 Å². The molecule has 16 heavy (non-hydrogen) atoms. The Labute approximate surface area is 92.8 Å². The molecule has 0 saturated heterocycles. The summed E-state index contributed by atoms with van der Waals surface area (Å²) < 4.78 is 4.63. The summed E-state index contributed by atoms with van der Waals surface area (Å²) in [6, 6.07) is 4.11. The van der Waals surface area contributed by atoms with Crippen molar-refractivity contribution in [3.63, 3.8) is 0 Å². The Morgan fingerprint density at radius 3 is 2.81 bits per heavy atom. The van der Waals surface area contributed by atoms with E-state index in [0.717, 1.165) is 0 Å². The Bertz CT molecular complexity index is 603. The van der Waals surface area contributed by atoms with E-state index in [0.29, 0.717) is 0 Å². The van der Waals surface area contributed by atoms with Crippen LogP contribution in [-0.4, -0.2) is 15.1 Å². The molecule has 0 aliphatic heterocycles. The molecule has 1 heterocycles. The van der Waals surface area contributed by atoms with Crippen LogP contribution in [0.4, 0.5) is 5.69 Å². The quantitative estimate of drug-likeness (QED) is 0.635. The monoisotopic (exact) mass is 241 g/mol. The second kappa shape index (κ2) is 3.78. The van der Waals surface area contributed by atoms with Crippen LogP contribution in [0.2, 0.25) is 5.02 Å². The smallest absolute Gasteiger partial charge is 0.387 e. The van der Waals surface area contributed by atoms with Crippen LogP contribution in [0.1, 0.15) is 0 Å². The van der Waals surface area contributed by atoms with Crippen LogP contribution >= 0.6 is 11.6 Å². The molecule has 0 unspecified atom stereocenters. The molecule has 7 nitrogen and oxygen atoms in total. The molecule has 0 saturated carbocycles. The van der Waals surface area contributed by atoms with Gasteiger partial charge in [0.1, 0.15) is 5.56 Å². The first-order valence-corrected chi connectivity index (χ1v) is 4.46. The molecule has 2 rings (SSSR count). The van der Waals surface area contributed by atoms with E-state index in [1.54, 1.807) is 0 Å². The van der Waals surface area contributed by atoms with Crippen molar-refractivity contribution in [3.05, 3.63) is 43.9 Å². The number of nitro groups is 1. The van der Waals surface area contributed by atoms with Crippen molar-refractivity contribution in [2.24, 2.45) is 0 Å².